The van der Waals surface area contributed by atoms with Gasteiger partial charge in [0.2, 0.25) is 5.91 Å². The van der Waals surface area contributed by atoms with Gasteiger partial charge in [0.05, 0.1) is 0 Å². The summed E-state index contributed by atoms with van der Waals surface area (Å²) in [6.45, 7) is 3.24. The first-order valence-electron chi connectivity index (χ1n) is 9.77. The third-order valence-electron chi connectivity index (χ3n) is 5.10. The van der Waals surface area contributed by atoms with Gasteiger partial charge in [0, 0.05) is 40.6 Å². The highest BCUT2D eigenvalue weighted by Gasteiger charge is 2.24. The van der Waals surface area contributed by atoms with Crippen LogP contribution in [0.5, 0.6) is 0 Å². The zero-order chi connectivity index (χ0) is 20.6. The molecule has 0 bridgehead atoms. The molecule has 1 fully saturated rings. The lowest BCUT2D eigenvalue weighted by Crippen LogP contribution is -2.40. The highest BCUT2D eigenvalue weighted by Crippen LogP contribution is 2.24. The molecule has 0 aromatic heterocycles. The van der Waals surface area contributed by atoms with Gasteiger partial charge in [-0.05, 0) is 61.3 Å². The monoisotopic (exact) mass is 454 g/mol. The minimum Gasteiger partial charge on any atom is -0.355 e. The Labute approximate surface area is 185 Å². The summed E-state index contributed by atoms with van der Waals surface area (Å²) in [6.07, 6.45) is 1.72. The summed E-state index contributed by atoms with van der Waals surface area (Å²) in [5.41, 5.74) is 2.16. The molecule has 1 N–H and O–H groups in total. The standard InChI is InChI=1S/C22H25Cl2FN2OS/c23-19-4-3-18(21(24)13-19)15-29-12-9-26-22(28)17-7-10-27(11-8-17)14-16-1-5-20(25)6-2-16/h1-6,13,17H,7-12,14-15H2,(H,26,28). The van der Waals surface area contributed by atoms with Crippen LogP contribution in [0, 0.1) is 11.7 Å². The van der Waals surface area contributed by atoms with Gasteiger partial charge in [0.25, 0.3) is 0 Å². The molecule has 1 heterocycles. The summed E-state index contributed by atoms with van der Waals surface area (Å²) < 4.78 is 13.0. The smallest absolute Gasteiger partial charge is 0.223 e. The maximum atomic E-state index is 13.0. The summed E-state index contributed by atoms with van der Waals surface area (Å²) in [5.74, 6) is 1.66. The highest BCUT2D eigenvalue weighted by atomic mass is 35.5. The van der Waals surface area contributed by atoms with Gasteiger partial charge in [-0.25, -0.2) is 4.39 Å². The number of rotatable bonds is 8. The van der Waals surface area contributed by atoms with Crippen molar-refractivity contribution in [2.45, 2.75) is 25.1 Å². The van der Waals surface area contributed by atoms with Gasteiger partial charge in [0.15, 0.2) is 0 Å². The molecule has 0 spiro atoms. The first-order chi connectivity index (χ1) is 14.0. The molecule has 2 aromatic rings. The van der Waals surface area contributed by atoms with Crippen LogP contribution in [-0.4, -0.2) is 36.2 Å². The number of piperidine rings is 1. The van der Waals surface area contributed by atoms with Crippen LogP contribution in [0.1, 0.15) is 24.0 Å². The van der Waals surface area contributed by atoms with Crippen molar-refractivity contribution in [1.29, 1.82) is 0 Å². The third kappa shape index (κ3) is 7.18. The Morgan fingerprint density at radius 1 is 1.14 bits per heavy atom. The molecule has 0 saturated carbocycles. The summed E-state index contributed by atoms with van der Waals surface area (Å²) in [5, 5.41) is 4.38. The van der Waals surface area contributed by atoms with Crippen molar-refractivity contribution in [3.8, 4) is 0 Å². The number of hydrogen-bond donors (Lipinski definition) is 1. The lowest BCUT2D eigenvalue weighted by atomic mass is 9.95. The van der Waals surface area contributed by atoms with Gasteiger partial charge in [-0.2, -0.15) is 11.8 Å². The van der Waals surface area contributed by atoms with Gasteiger partial charge >= 0.3 is 0 Å². The fourth-order valence-corrected chi connectivity index (χ4v) is 4.83. The second-order valence-electron chi connectivity index (χ2n) is 7.26. The van der Waals surface area contributed by atoms with E-state index < -0.39 is 0 Å². The quantitative estimate of drug-likeness (QED) is 0.542. The topological polar surface area (TPSA) is 32.3 Å². The minimum absolute atomic E-state index is 0.0789. The van der Waals surface area contributed by atoms with E-state index >= 15 is 0 Å². The van der Waals surface area contributed by atoms with Crippen molar-refractivity contribution in [3.05, 3.63) is 69.5 Å². The number of carbonyl (C=O) groups is 1. The average molecular weight is 455 g/mol. The van der Waals surface area contributed by atoms with Crippen molar-refractivity contribution in [2.75, 3.05) is 25.4 Å². The molecule has 1 amide bonds. The van der Waals surface area contributed by atoms with Gasteiger partial charge < -0.3 is 5.32 Å². The van der Waals surface area contributed by atoms with Crippen LogP contribution >= 0.6 is 35.0 Å². The van der Waals surface area contributed by atoms with Crippen LogP contribution in [0.25, 0.3) is 0 Å². The van der Waals surface area contributed by atoms with Crippen LogP contribution in [0.15, 0.2) is 42.5 Å². The van der Waals surface area contributed by atoms with Gasteiger partial charge in [-0.3, -0.25) is 9.69 Å². The molecule has 0 radical (unpaired) electrons. The SMILES string of the molecule is O=C(NCCSCc1ccc(Cl)cc1Cl)C1CCN(Cc2ccc(F)cc2)CC1. The number of thioether (sulfide) groups is 1. The van der Waals surface area contributed by atoms with Gasteiger partial charge in [0.1, 0.15) is 5.82 Å². The fraction of sp³-hybridized carbons (Fsp3) is 0.409. The summed E-state index contributed by atoms with van der Waals surface area (Å²) >= 11 is 13.8. The number of nitrogens with one attached hydrogen (secondary N) is 1. The first kappa shape index (κ1) is 22.4. The molecule has 29 heavy (non-hydrogen) atoms. The number of halogens is 3. The summed E-state index contributed by atoms with van der Waals surface area (Å²) in [6, 6.07) is 12.2. The third-order valence-corrected chi connectivity index (χ3v) is 6.69. The Morgan fingerprint density at radius 2 is 1.86 bits per heavy atom. The lowest BCUT2D eigenvalue weighted by molar-refractivity contribution is -0.126. The van der Waals surface area contributed by atoms with Gasteiger partial charge in [-0.1, -0.05) is 41.4 Å². The van der Waals surface area contributed by atoms with Crippen molar-refractivity contribution in [2.24, 2.45) is 5.92 Å². The number of amides is 1. The molecule has 1 aliphatic heterocycles. The summed E-state index contributed by atoms with van der Waals surface area (Å²) in [4.78, 5) is 14.7. The van der Waals surface area contributed by atoms with E-state index in [9.17, 15) is 9.18 Å². The molecule has 0 unspecified atom stereocenters. The Bertz CT molecular complexity index is 811. The van der Waals surface area contributed by atoms with Crippen LogP contribution in [0.4, 0.5) is 4.39 Å². The zero-order valence-corrected chi connectivity index (χ0v) is 18.5. The van der Waals surface area contributed by atoms with E-state index in [4.69, 9.17) is 23.2 Å². The van der Waals surface area contributed by atoms with E-state index in [1.807, 2.05) is 24.3 Å². The van der Waals surface area contributed by atoms with E-state index in [-0.39, 0.29) is 17.6 Å². The number of nitrogens with zero attached hydrogens (tertiary/aromatic N) is 1. The molecule has 156 valence electrons. The van der Waals surface area contributed by atoms with E-state index in [1.165, 1.54) is 12.1 Å². The Balaban J connectivity index is 1.31. The van der Waals surface area contributed by atoms with Gasteiger partial charge in [-0.15, -0.1) is 0 Å². The first-order valence-corrected chi connectivity index (χ1v) is 11.7. The molecule has 3 rings (SSSR count). The molecule has 1 aliphatic rings. The Kier molecular flexibility index (Phi) is 8.67. The Hall–Kier alpha value is -1.27. The van der Waals surface area contributed by atoms with E-state index in [2.05, 4.69) is 10.2 Å². The zero-order valence-electron chi connectivity index (χ0n) is 16.2. The van der Waals surface area contributed by atoms with Crippen molar-refractivity contribution >= 4 is 40.9 Å². The molecule has 7 heteroatoms. The number of benzene rings is 2. The number of hydrogen-bond acceptors (Lipinski definition) is 3. The van der Waals surface area contributed by atoms with E-state index in [0.717, 1.165) is 55.1 Å². The molecular weight excluding hydrogens is 430 g/mol. The van der Waals surface area contributed by atoms with Crippen molar-refractivity contribution in [1.82, 2.24) is 10.2 Å². The molecule has 0 atom stereocenters. The highest BCUT2D eigenvalue weighted by molar-refractivity contribution is 7.98. The van der Waals surface area contributed by atoms with Crippen LogP contribution in [-0.2, 0) is 17.1 Å². The lowest BCUT2D eigenvalue weighted by Gasteiger charge is -2.31. The van der Waals surface area contributed by atoms with Crippen LogP contribution in [0.2, 0.25) is 10.0 Å². The molecule has 0 aliphatic carbocycles. The molecular formula is C22H25Cl2FN2OS. The second kappa shape index (κ2) is 11.2. The number of carbonyl (C=O) groups excluding carboxylic acids is 1. The maximum Gasteiger partial charge on any atom is 0.223 e. The second-order valence-corrected chi connectivity index (χ2v) is 9.21. The largest absolute Gasteiger partial charge is 0.355 e. The van der Waals surface area contributed by atoms with Crippen molar-refractivity contribution in [3.63, 3.8) is 0 Å². The maximum absolute atomic E-state index is 13.0. The molecule has 1 saturated heterocycles. The fourth-order valence-electron chi connectivity index (χ4n) is 3.41. The predicted octanol–water partition coefficient (Wildman–Crippen LogP) is 5.39. The summed E-state index contributed by atoms with van der Waals surface area (Å²) in [7, 11) is 0. The normalized spacial score (nSPS) is 15.4. The average Bonchev–Trinajstić information content (AvgIpc) is 2.71. The van der Waals surface area contributed by atoms with Crippen LogP contribution < -0.4 is 5.32 Å². The van der Waals surface area contributed by atoms with E-state index in [0.29, 0.717) is 16.6 Å². The van der Waals surface area contributed by atoms with Crippen LogP contribution in [0.3, 0.4) is 0 Å². The molecule has 3 nitrogen and oxygen atoms in total. The molecule has 2 aromatic carbocycles. The predicted molar refractivity (Wildman–Crippen MR) is 120 cm³/mol. The number of likely N-dealkylation sites (tertiary alicyclic amines) is 1. The van der Waals surface area contributed by atoms with Crippen molar-refractivity contribution < 1.29 is 9.18 Å². The minimum atomic E-state index is -0.210. The van der Waals surface area contributed by atoms with E-state index in [1.54, 1.807) is 17.8 Å². The Morgan fingerprint density at radius 3 is 2.55 bits per heavy atom.